The molecular weight excluding hydrogens is 221 g/mol. The highest BCUT2D eigenvalue weighted by Gasteiger charge is 2.02. The Morgan fingerprint density at radius 2 is 2.00 bits per heavy atom. The average Bonchev–Trinajstić information content (AvgIpc) is 2.12. The molecule has 78 valence electrons. The molecule has 0 saturated heterocycles. The van der Waals surface area contributed by atoms with Crippen molar-refractivity contribution in [1.29, 1.82) is 0 Å². The van der Waals surface area contributed by atoms with Crippen LogP contribution in [0.5, 0.6) is 0 Å². The summed E-state index contributed by atoms with van der Waals surface area (Å²) in [6, 6.07) is 5.64. The van der Waals surface area contributed by atoms with E-state index in [1.54, 1.807) is 13.2 Å². The third-order valence-corrected chi connectivity index (χ3v) is 2.53. The first-order chi connectivity index (χ1) is 6.63. The van der Waals surface area contributed by atoms with Gasteiger partial charge in [0.15, 0.2) is 0 Å². The van der Waals surface area contributed by atoms with Gasteiger partial charge in [-0.05, 0) is 24.7 Å². The first kappa shape index (κ1) is 11.8. The number of rotatable bonds is 4. The summed E-state index contributed by atoms with van der Waals surface area (Å²) in [5.74, 6) is 0. The molecule has 0 aliphatic carbocycles. The second-order valence-electron chi connectivity index (χ2n) is 3.18. The maximum Gasteiger partial charge on any atom is 0.0986 e. The molecule has 0 unspecified atom stereocenters. The summed E-state index contributed by atoms with van der Waals surface area (Å²) in [5, 5.41) is 1.18. The highest BCUT2D eigenvalue weighted by molar-refractivity contribution is 6.42. The molecular formula is C10H13Cl2NO. The van der Waals surface area contributed by atoms with Crippen LogP contribution < -0.4 is 0 Å². The fourth-order valence-electron chi connectivity index (χ4n) is 1.22. The Bertz CT molecular complexity index is 304. The summed E-state index contributed by atoms with van der Waals surface area (Å²) in [5.41, 5.74) is 1.12. The van der Waals surface area contributed by atoms with Crippen molar-refractivity contribution in [3.63, 3.8) is 0 Å². The molecule has 0 aliphatic heterocycles. The van der Waals surface area contributed by atoms with E-state index in [0.717, 1.165) is 12.1 Å². The zero-order valence-corrected chi connectivity index (χ0v) is 9.77. The predicted octanol–water partition coefficient (Wildman–Crippen LogP) is 3.03. The molecule has 0 atom stereocenters. The summed E-state index contributed by atoms with van der Waals surface area (Å²) in [4.78, 5) is 2.04. The van der Waals surface area contributed by atoms with Crippen LogP contribution in [0.4, 0.5) is 0 Å². The van der Waals surface area contributed by atoms with Gasteiger partial charge >= 0.3 is 0 Å². The van der Waals surface area contributed by atoms with Gasteiger partial charge in [0.1, 0.15) is 0 Å². The van der Waals surface area contributed by atoms with Crippen molar-refractivity contribution in [3.8, 4) is 0 Å². The summed E-state index contributed by atoms with van der Waals surface area (Å²) >= 11 is 11.7. The van der Waals surface area contributed by atoms with Crippen molar-refractivity contribution in [2.75, 3.05) is 20.9 Å². The maximum absolute atomic E-state index is 5.89. The largest absolute Gasteiger partial charge is 0.369 e. The van der Waals surface area contributed by atoms with E-state index in [9.17, 15) is 0 Å². The minimum absolute atomic E-state index is 0.588. The number of benzene rings is 1. The molecule has 0 spiro atoms. The first-order valence-corrected chi connectivity index (χ1v) is 5.00. The number of hydrogen-bond acceptors (Lipinski definition) is 2. The Morgan fingerprint density at radius 3 is 2.57 bits per heavy atom. The molecule has 0 radical (unpaired) electrons. The van der Waals surface area contributed by atoms with E-state index in [-0.39, 0.29) is 0 Å². The Labute approximate surface area is 94.4 Å². The van der Waals surface area contributed by atoms with Gasteiger partial charge in [-0.1, -0.05) is 29.3 Å². The Morgan fingerprint density at radius 1 is 1.29 bits per heavy atom. The van der Waals surface area contributed by atoms with Gasteiger partial charge in [0.25, 0.3) is 0 Å². The number of hydrogen-bond donors (Lipinski definition) is 0. The van der Waals surface area contributed by atoms with Crippen LogP contribution in [0.1, 0.15) is 5.56 Å². The van der Waals surface area contributed by atoms with Gasteiger partial charge in [-0.2, -0.15) is 0 Å². The second kappa shape index (κ2) is 5.56. The zero-order chi connectivity index (χ0) is 10.6. The van der Waals surface area contributed by atoms with Crippen molar-refractivity contribution >= 4 is 23.2 Å². The van der Waals surface area contributed by atoms with Crippen LogP contribution in [-0.2, 0) is 11.3 Å². The minimum atomic E-state index is 0.588. The molecule has 0 aliphatic rings. The van der Waals surface area contributed by atoms with Crippen LogP contribution in [0.3, 0.4) is 0 Å². The van der Waals surface area contributed by atoms with Gasteiger partial charge in [-0.3, -0.25) is 4.90 Å². The predicted molar refractivity (Wildman–Crippen MR) is 59.8 cm³/mol. The lowest BCUT2D eigenvalue weighted by Crippen LogP contribution is -2.20. The summed E-state index contributed by atoms with van der Waals surface area (Å²) < 4.78 is 5.00. The van der Waals surface area contributed by atoms with Gasteiger partial charge in [0.05, 0.1) is 16.8 Å². The fourth-order valence-corrected chi connectivity index (χ4v) is 1.54. The molecule has 1 rings (SSSR count). The Balaban J connectivity index is 2.63. The van der Waals surface area contributed by atoms with Gasteiger partial charge in [0, 0.05) is 13.7 Å². The lowest BCUT2D eigenvalue weighted by molar-refractivity contribution is 0.0771. The van der Waals surface area contributed by atoms with E-state index in [1.807, 2.05) is 24.1 Å². The number of halogens is 2. The molecule has 1 aromatic carbocycles. The lowest BCUT2D eigenvalue weighted by atomic mass is 10.2. The number of ether oxygens (including phenoxy) is 1. The van der Waals surface area contributed by atoms with E-state index in [2.05, 4.69) is 0 Å². The van der Waals surface area contributed by atoms with Gasteiger partial charge in [0.2, 0.25) is 0 Å². The van der Waals surface area contributed by atoms with E-state index >= 15 is 0 Å². The molecule has 0 saturated carbocycles. The van der Waals surface area contributed by atoms with Crippen LogP contribution in [-0.4, -0.2) is 25.8 Å². The highest BCUT2D eigenvalue weighted by Crippen LogP contribution is 2.22. The van der Waals surface area contributed by atoms with Crippen molar-refractivity contribution in [3.05, 3.63) is 33.8 Å². The smallest absolute Gasteiger partial charge is 0.0986 e. The molecule has 4 heteroatoms. The topological polar surface area (TPSA) is 12.5 Å². The maximum atomic E-state index is 5.89. The third-order valence-electron chi connectivity index (χ3n) is 1.79. The Hall–Kier alpha value is -0.280. The average molecular weight is 234 g/mol. The van der Waals surface area contributed by atoms with Crippen molar-refractivity contribution in [1.82, 2.24) is 4.90 Å². The molecule has 1 aromatic rings. The monoisotopic (exact) mass is 233 g/mol. The molecule has 0 N–H and O–H groups in total. The zero-order valence-electron chi connectivity index (χ0n) is 8.26. The standard InChI is InChI=1S/C10H13Cl2NO/c1-13(7-14-2)6-8-3-4-9(11)10(12)5-8/h3-5H,6-7H2,1-2H3. The molecule has 0 amide bonds. The first-order valence-electron chi connectivity index (χ1n) is 4.25. The second-order valence-corrected chi connectivity index (χ2v) is 3.99. The van der Waals surface area contributed by atoms with Crippen LogP contribution in [0.2, 0.25) is 10.0 Å². The van der Waals surface area contributed by atoms with Crippen LogP contribution in [0.25, 0.3) is 0 Å². The quantitative estimate of drug-likeness (QED) is 0.742. The van der Waals surface area contributed by atoms with E-state index in [0.29, 0.717) is 16.8 Å². The van der Waals surface area contributed by atoms with Crippen molar-refractivity contribution in [2.45, 2.75) is 6.54 Å². The Kier molecular flexibility index (Phi) is 4.69. The number of methoxy groups -OCH3 is 1. The lowest BCUT2D eigenvalue weighted by Gasteiger charge is -2.15. The SMILES string of the molecule is COCN(C)Cc1ccc(Cl)c(Cl)c1. The van der Waals surface area contributed by atoms with Crippen LogP contribution in [0, 0.1) is 0 Å². The van der Waals surface area contributed by atoms with E-state index < -0.39 is 0 Å². The molecule has 14 heavy (non-hydrogen) atoms. The van der Waals surface area contributed by atoms with Crippen LogP contribution >= 0.6 is 23.2 Å². The minimum Gasteiger partial charge on any atom is -0.369 e. The number of nitrogens with zero attached hydrogens (tertiary/aromatic N) is 1. The van der Waals surface area contributed by atoms with Gasteiger partial charge < -0.3 is 4.74 Å². The molecule has 0 bridgehead atoms. The van der Waals surface area contributed by atoms with Crippen molar-refractivity contribution < 1.29 is 4.74 Å². The van der Waals surface area contributed by atoms with E-state index in [4.69, 9.17) is 27.9 Å². The molecule has 2 nitrogen and oxygen atoms in total. The molecule has 0 fully saturated rings. The summed E-state index contributed by atoms with van der Waals surface area (Å²) in [6.07, 6.45) is 0. The van der Waals surface area contributed by atoms with Gasteiger partial charge in [-0.25, -0.2) is 0 Å². The van der Waals surface area contributed by atoms with Crippen molar-refractivity contribution in [2.24, 2.45) is 0 Å². The highest BCUT2D eigenvalue weighted by atomic mass is 35.5. The third kappa shape index (κ3) is 3.46. The van der Waals surface area contributed by atoms with Gasteiger partial charge in [-0.15, -0.1) is 0 Å². The molecule has 0 aromatic heterocycles. The molecule has 0 heterocycles. The normalized spacial score (nSPS) is 10.9. The fraction of sp³-hybridized carbons (Fsp3) is 0.400. The van der Waals surface area contributed by atoms with Crippen LogP contribution in [0.15, 0.2) is 18.2 Å². The summed E-state index contributed by atoms with van der Waals surface area (Å²) in [6.45, 7) is 1.39. The summed E-state index contributed by atoms with van der Waals surface area (Å²) in [7, 11) is 3.65. The van der Waals surface area contributed by atoms with E-state index in [1.165, 1.54) is 0 Å².